The van der Waals surface area contributed by atoms with Crippen molar-refractivity contribution in [2.75, 3.05) is 0 Å². The van der Waals surface area contributed by atoms with Crippen LogP contribution < -0.4 is 16.2 Å². The number of phenolic OH excluding ortho intramolecular Hbond substituents is 1. The molecule has 24 heavy (non-hydrogen) atoms. The van der Waals surface area contributed by atoms with Gasteiger partial charge in [0, 0.05) is 6.54 Å². The number of hydrogen-bond donors (Lipinski definition) is 4. The Hall–Kier alpha value is -2.42. The molecule has 0 heterocycles. The van der Waals surface area contributed by atoms with Crippen LogP contribution in [0, 0.1) is 0 Å². The van der Waals surface area contributed by atoms with Gasteiger partial charge in [-0.25, -0.2) is 13.1 Å². The zero-order chi connectivity index (χ0) is 17.7. The molecule has 2 rings (SSSR count). The van der Waals surface area contributed by atoms with E-state index in [4.69, 9.17) is 11.5 Å². The lowest BCUT2D eigenvalue weighted by molar-refractivity contribution is -0.120. The van der Waals surface area contributed by atoms with Crippen LogP contribution >= 0.6 is 0 Å². The fraction of sp³-hybridized carbons (Fsp3) is 0.188. The summed E-state index contributed by atoms with van der Waals surface area (Å²) in [6.07, 6.45) is 0.147. The minimum atomic E-state index is -3.99. The van der Waals surface area contributed by atoms with E-state index >= 15 is 0 Å². The molecule has 6 N–H and O–H groups in total. The van der Waals surface area contributed by atoms with Crippen LogP contribution in [0.2, 0.25) is 0 Å². The van der Waals surface area contributed by atoms with E-state index in [1.54, 1.807) is 24.3 Å². The molecule has 0 aromatic heterocycles. The third-order valence-corrected chi connectivity index (χ3v) is 4.80. The molecule has 7 nitrogen and oxygen atoms in total. The second-order valence-electron chi connectivity index (χ2n) is 5.29. The van der Waals surface area contributed by atoms with Crippen molar-refractivity contribution >= 4 is 15.9 Å². The van der Waals surface area contributed by atoms with Crippen molar-refractivity contribution < 1.29 is 18.3 Å². The van der Waals surface area contributed by atoms with Gasteiger partial charge in [-0.15, -0.1) is 0 Å². The lowest BCUT2D eigenvalue weighted by Gasteiger charge is -2.13. The molecule has 128 valence electrons. The first-order chi connectivity index (χ1) is 11.3. The van der Waals surface area contributed by atoms with Gasteiger partial charge in [0.1, 0.15) is 5.75 Å². The number of carbonyl (C=O) groups excluding carboxylic acids is 1. The molecule has 1 atom stereocenters. The normalized spacial score (nSPS) is 12.6. The van der Waals surface area contributed by atoms with Crippen molar-refractivity contribution in [3.63, 3.8) is 0 Å². The summed E-state index contributed by atoms with van der Waals surface area (Å²) in [6.45, 7) is 0.296. The fourth-order valence-electron chi connectivity index (χ4n) is 2.05. The Morgan fingerprint density at radius 2 is 1.58 bits per heavy atom. The summed E-state index contributed by atoms with van der Waals surface area (Å²) in [5, 5.41) is 9.22. The standard InChI is InChI=1S/C16H19N3O4S/c17-10-12-3-7-14(8-4-12)24(22,23)19-16(21)15(18)9-11-1-5-13(20)6-2-11/h1-8,15,20H,9-10,17-18H2,(H,19,21). The Kier molecular flexibility index (Phi) is 5.55. The van der Waals surface area contributed by atoms with Crippen molar-refractivity contribution in [2.45, 2.75) is 23.9 Å². The Labute approximate surface area is 140 Å². The molecule has 1 unspecified atom stereocenters. The number of hydrogen-bond acceptors (Lipinski definition) is 6. The van der Waals surface area contributed by atoms with Gasteiger partial charge in [-0.2, -0.15) is 0 Å². The molecule has 2 aromatic rings. The largest absolute Gasteiger partial charge is 0.508 e. The highest BCUT2D eigenvalue weighted by molar-refractivity contribution is 7.90. The lowest BCUT2D eigenvalue weighted by atomic mass is 10.1. The smallest absolute Gasteiger partial charge is 0.264 e. The predicted octanol–water partition coefficient (Wildman–Crippen LogP) is 0.226. The Morgan fingerprint density at radius 1 is 1.04 bits per heavy atom. The summed E-state index contributed by atoms with van der Waals surface area (Å²) in [4.78, 5) is 12.0. The zero-order valence-corrected chi connectivity index (χ0v) is 13.7. The molecular weight excluding hydrogens is 330 g/mol. The van der Waals surface area contributed by atoms with E-state index in [0.29, 0.717) is 12.1 Å². The summed E-state index contributed by atoms with van der Waals surface area (Å²) in [5.41, 5.74) is 12.7. The number of phenols is 1. The first-order valence-corrected chi connectivity index (χ1v) is 8.69. The Bertz CT molecular complexity index is 802. The Balaban J connectivity index is 2.04. The number of sulfonamides is 1. The number of carbonyl (C=O) groups is 1. The van der Waals surface area contributed by atoms with Gasteiger partial charge in [0.15, 0.2) is 0 Å². The van der Waals surface area contributed by atoms with Gasteiger partial charge in [-0.3, -0.25) is 4.79 Å². The quantitative estimate of drug-likeness (QED) is 0.589. The van der Waals surface area contributed by atoms with Gasteiger partial charge in [0.25, 0.3) is 15.9 Å². The number of nitrogens with one attached hydrogen (secondary N) is 1. The first-order valence-electron chi connectivity index (χ1n) is 7.21. The molecule has 0 radical (unpaired) electrons. The molecule has 0 aliphatic rings. The molecule has 0 saturated carbocycles. The number of aromatic hydroxyl groups is 1. The molecule has 0 bridgehead atoms. The molecule has 1 amide bonds. The van der Waals surface area contributed by atoms with Crippen LogP contribution in [0.5, 0.6) is 5.75 Å². The van der Waals surface area contributed by atoms with Gasteiger partial charge in [0.05, 0.1) is 10.9 Å². The highest BCUT2D eigenvalue weighted by Gasteiger charge is 2.22. The minimum absolute atomic E-state index is 0.0371. The van der Waals surface area contributed by atoms with Crippen LogP contribution in [0.25, 0.3) is 0 Å². The molecule has 8 heteroatoms. The second kappa shape index (κ2) is 7.43. The third-order valence-electron chi connectivity index (χ3n) is 3.43. The topological polar surface area (TPSA) is 136 Å². The van der Waals surface area contributed by atoms with E-state index in [1.165, 1.54) is 24.3 Å². The Morgan fingerprint density at radius 3 is 2.12 bits per heavy atom. The van der Waals surface area contributed by atoms with Crippen molar-refractivity contribution in [3.8, 4) is 5.75 Å². The van der Waals surface area contributed by atoms with E-state index < -0.39 is 22.0 Å². The number of benzene rings is 2. The number of rotatable bonds is 6. The summed E-state index contributed by atoms with van der Waals surface area (Å²) >= 11 is 0. The summed E-state index contributed by atoms with van der Waals surface area (Å²) in [6, 6.07) is 11.0. The van der Waals surface area contributed by atoms with Crippen molar-refractivity contribution in [1.29, 1.82) is 0 Å². The predicted molar refractivity (Wildman–Crippen MR) is 89.4 cm³/mol. The van der Waals surface area contributed by atoms with Crippen LogP contribution in [-0.2, 0) is 27.8 Å². The maximum Gasteiger partial charge on any atom is 0.264 e. The number of nitrogens with two attached hydrogens (primary N) is 2. The highest BCUT2D eigenvalue weighted by atomic mass is 32.2. The maximum atomic E-state index is 12.2. The van der Waals surface area contributed by atoms with Gasteiger partial charge in [0.2, 0.25) is 0 Å². The van der Waals surface area contributed by atoms with Crippen LogP contribution in [0.3, 0.4) is 0 Å². The van der Waals surface area contributed by atoms with Crippen molar-refractivity contribution in [1.82, 2.24) is 4.72 Å². The minimum Gasteiger partial charge on any atom is -0.508 e. The fourth-order valence-corrected chi connectivity index (χ4v) is 3.08. The highest BCUT2D eigenvalue weighted by Crippen LogP contribution is 2.12. The van der Waals surface area contributed by atoms with Gasteiger partial charge in [-0.05, 0) is 41.8 Å². The number of amides is 1. The average molecular weight is 349 g/mol. The monoisotopic (exact) mass is 349 g/mol. The van der Waals surface area contributed by atoms with E-state index in [-0.39, 0.29) is 17.1 Å². The van der Waals surface area contributed by atoms with Crippen molar-refractivity contribution in [2.24, 2.45) is 11.5 Å². The molecule has 0 aliphatic carbocycles. The summed E-state index contributed by atoms with van der Waals surface area (Å²) in [7, 11) is -3.99. The molecule has 0 fully saturated rings. The average Bonchev–Trinajstić information content (AvgIpc) is 2.56. The second-order valence-corrected chi connectivity index (χ2v) is 6.98. The maximum absolute atomic E-state index is 12.2. The van der Waals surface area contributed by atoms with Crippen LogP contribution in [0.15, 0.2) is 53.4 Å². The van der Waals surface area contributed by atoms with E-state index in [9.17, 15) is 18.3 Å². The SMILES string of the molecule is NCc1ccc(S(=O)(=O)NC(=O)C(N)Cc2ccc(O)cc2)cc1. The van der Waals surface area contributed by atoms with Crippen LogP contribution in [0.4, 0.5) is 0 Å². The van der Waals surface area contributed by atoms with Gasteiger partial charge < -0.3 is 16.6 Å². The van der Waals surface area contributed by atoms with Crippen molar-refractivity contribution in [3.05, 3.63) is 59.7 Å². The molecule has 2 aromatic carbocycles. The summed E-state index contributed by atoms with van der Waals surface area (Å²) < 4.78 is 26.4. The van der Waals surface area contributed by atoms with E-state index in [0.717, 1.165) is 5.56 Å². The molecule has 0 saturated heterocycles. The molecule has 0 spiro atoms. The van der Waals surface area contributed by atoms with E-state index in [1.807, 2.05) is 4.72 Å². The van der Waals surface area contributed by atoms with Gasteiger partial charge >= 0.3 is 0 Å². The first kappa shape index (κ1) is 17.9. The van der Waals surface area contributed by atoms with E-state index in [2.05, 4.69) is 0 Å². The van der Waals surface area contributed by atoms with Gasteiger partial charge in [-0.1, -0.05) is 24.3 Å². The van der Waals surface area contributed by atoms with Crippen LogP contribution in [-0.4, -0.2) is 25.5 Å². The lowest BCUT2D eigenvalue weighted by Crippen LogP contribution is -2.44. The zero-order valence-electron chi connectivity index (χ0n) is 12.8. The molecular formula is C16H19N3O4S. The third kappa shape index (κ3) is 4.54. The molecule has 0 aliphatic heterocycles. The van der Waals surface area contributed by atoms with Crippen LogP contribution in [0.1, 0.15) is 11.1 Å². The summed E-state index contributed by atoms with van der Waals surface area (Å²) in [5.74, 6) is -0.703.